The number of carbonyl (C=O) groups is 2. The summed E-state index contributed by atoms with van der Waals surface area (Å²) in [4.78, 5) is 24.8. The van der Waals surface area contributed by atoms with Crippen LogP contribution in [-0.2, 0) is 19.4 Å². The Morgan fingerprint density at radius 2 is 2.04 bits per heavy atom. The van der Waals surface area contributed by atoms with Crippen LogP contribution in [0.15, 0.2) is 17.2 Å². The highest BCUT2D eigenvalue weighted by molar-refractivity contribution is 7.91. The summed E-state index contributed by atoms with van der Waals surface area (Å²) in [6, 6.07) is 2.97. The fourth-order valence-electron chi connectivity index (χ4n) is 3.35. The number of nitrogens with zero attached hydrogens (tertiary/aromatic N) is 2. The third kappa shape index (κ3) is 4.38. The van der Waals surface area contributed by atoms with Crippen molar-refractivity contribution in [3.8, 4) is 5.75 Å². The van der Waals surface area contributed by atoms with E-state index in [1.807, 2.05) is 13.8 Å². The number of hydrogen-bond acceptors (Lipinski definition) is 6. The third-order valence-electron chi connectivity index (χ3n) is 4.97. The predicted octanol–water partition coefficient (Wildman–Crippen LogP) is 2.84. The summed E-state index contributed by atoms with van der Waals surface area (Å²) in [6.07, 6.45) is 0.590. The van der Waals surface area contributed by atoms with E-state index >= 15 is 0 Å². The molecule has 0 radical (unpaired) electrons. The lowest BCUT2D eigenvalue weighted by Crippen LogP contribution is -2.42. The van der Waals surface area contributed by atoms with Gasteiger partial charge < -0.3 is 4.74 Å². The quantitative estimate of drug-likeness (QED) is 0.545. The van der Waals surface area contributed by atoms with Crippen LogP contribution in [0.1, 0.15) is 50.2 Å². The van der Waals surface area contributed by atoms with E-state index in [1.54, 1.807) is 19.1 Å². The third-order valence-corrected chi connectivity index (χ3v) is 7.05. The van der Waals surface area contributed by atoms with Gasteiger partial charge in [-0.15, -0.1) is 0 Å². The molecular formula is C19H23ClN2O5S. The Morgan fingerprint density at radius 1 is 1.32 bits per heavy atom. The van der Waals surface area contributed by atoms with E-state index in [2.05, 4.69) is 5.10 Å². The molecule has 2 aliphatic heterocycles. The van der Waals surface area contributed by atoms with Crippen LogP contribution in [0.25, 0.3) is 0 Å². The Kier molecular flexibility index (Phi) is 5.82. The van der Waals surface area contributed by atoms with Gasteiger partial charge in [-0.1, -0.05) is 25.4 Å². The smallest absolute Gasteiger partial charge is 0.359 e. The topological polar surface area (TPSA) is 93.1 Å². The van der Waals surface area contributed by atoms with Crippen molar-refractivity contribution in [2.75, 3.05) is 11.5 Å². The van der Waals surface area contributed by atoms with E-state index in [4.69, 9.17) is 16.3 Å². The summed E-state index contributed by atoms with van der Waals surface area (Å²) in [5.74, 6) is -0.457. The summed E-state index contributed by atoms with van der Waals surface area (Å²) in [6.45, 7) is 5.78. The summed E-state index contributed by atoms with van der Waals surface area (Å²) in [7, 11) is -3.17. The number of carbonyl (C=O) groups excluding carboxylic acids is 2. The second-order valence-electron chi connectivity index (χ2n) is 7.53. The summed E-state index contributed by atoms with van der Waals surface area (Å²) >= 11 is 6.26. The van der Waals surface area contributed by atoms with Crippen LogP contribution in [0, 0.1) is 6.92 Å². The van der Waals surface area contributed by atoms with E-state index in [0.717, 1.165) is 10.6 Å². The number of sulfone groups is 1. The monoisotopic (exact) mass is 426 g/mol. The SMILES string of the molecule is Cc1cc(Cl)c(C(C)C)cc1OC(=O)C1=NN(C2CCS(=O)(=O)C2)C(=O)CC1. The second kappa shape index (κ2) is 7.83. The number of amides is 1. The number of aryl methyl sites for hydroxylation is 1. The molecule has 1 aromatic carbocycles. The molecule has 9 heteroatoms. The van der Waals surface area contributed by atoms with Crippen molar-refractivity contribution in [1.29, 1.82) is 0 Å². The first-order valence-electron chi connectivity index (χ1n) is 9.19. The van der Waals surface area contributed by atoms with Gasteiger partial charge in [0, 0.05) is 17.9 Å². The van der Waals surface area contributed by atoms with Crippen LogP contribution in [0.3, 0.4) is 0 Å². The highest BCUT2D eigenvalue weighted by Gasteiger charge is 2.37. The average Bonchev–Trinajstić information content (AvgIpc) is 2.97. The van der Waals surface area contributed by atoms with E-state index in [0.29, 0.717) is 22.8 Å². The van der Waals surface area contributed by atoms with E-state index in [-0.39, 0.29) is 41.9 Å². The van der Waals surface area contributed by atoms with Gasteiger partial charge in [0.15, 0.2) is 9.84 Å². The van der Waals surface area contributed by atoms with Crippen molar-refractivity contribution < 1.29 is 22.7 Å². The summed E-state index contributed by atoms with van der Waals surface area (Å²) in [5, 5.41) is 5.91. The number of hydrogen-bond donors (Lipinski definition) is 0. The van der Waals surface area contributed by atoms with Gasteiger partial charge in [0.25, 0.3) is 0 Å². The van der Waals surface area contributed by atoms with Crippen LogP contribution < -0.4 is 4.74 Å². The molecule has 0 aliphatic carbocycles. The lowest BCUT2D eigenvalue weighted by atomic mass is 10.0. The number of ether oxygens (including phenoxy) is 1. The van der Waals surface area contributed by atoms with Gasteiger partial charge >= 0.3 is 5.97 Å². The number of esters is 1. The van der Waals surface area contributed by atoms with Crippen molar-refractivity contribution in [1.82, 2.24) is 5.01 Å². The van der Waals surface area contributed by atoms with Crippen molar-refractivity contribution in [3.05, 3.63) is 28.3 Å². The summed E-state index contributed by atoms with van der Waals surface area (Å²) in [5.41, 5.74) is 1.70. The molecule has 1 unspecified atom stereocenters. The zero-order chi connectivity index (χ0) is 20.6. The molecule has 3 rings (SSSR count). The molecule has 7 nitrogen and oxygen atoms in total. The molecule has 28 heavy (non-hydrogen) atoms. The fraction of sp³-hybridized carbons (Fsp3) is 0.526. The lowest BCUT2D eigenvalue weighted by molar-refractivity contribution is -0.134. The number of hydrazone groups is 1. The minimum absolute atomic E-state index is 0.0265. The molecule has 0 aromatic heterocycles. The molecule has 0 N–H and O–H groups in total. The van der Waals surface area contributed by atoms with Gasteiger partial charge in [0.2, 0.25) is 5.91 Å². The number of rotatable bonds is 4. The maximum absolute atomic E-state index is 12.6. The maximum atomic E-state index is 12.6. The molecule has 152 valence electrons. The molecule has 1 aromatic rings. The van der Waals surface area contributed by atoms with Crippen molar-refractivity contribution in [2.45, 2.75) is 52.0 Å². The number of benzene rings is 1. The molecule has 0 saturated carbocycles. The normalized spacial score (nSPS) is 21.8. The van der Waals surface area contributed by atoms with Crippen LogP contribution in [0.5, 0.6) is 5.75 Å². The van der Waals surface area contributed by atoms with Gasteiger partial charge in [-0.05, 0) is 42.5 Å². The Balaban J connectivity index is 1.82. The first-order chi connectivity index (χ1) is 13.1. The maximum Gasteiger partial charge on any atom is 0.359 e. The summed E-state index contributed by atoms with van der Waals surface area (Å²) < 4.78 is 29.0. The fourth-order valence-corrected chi connectivity index (χ4v) is 5.48. The Labute approximate surface area is 169 Å². The van der Waals surface area contributed by atoms with Crippen LogP contribution in [0.2, 0.25) is 5.02 Å². The molecule has 0 bridgehead atoms. The molecule has 1 atom stereocenters. The molecule has 0 spiro atoms. The minimum Gasteiger partial charge on any atom is -0.422 e. The van der Waals surface area contributed by atoms with Crippen molar-refractivity contribution in [2.24, 2.45) is 5.10 Å². The van der Waals surface area contributed by atoms with Gasteiger partial charge in [-0.2, -0.15) is 5.10 Å². The molecule has 2 heterocycles. The largest absolute Gasteiger partial charge is 0.422 e. The van der Waals surface area contributed by atoms with Crippen LogP contribution in [0.4, 0.5) is 0 Å². The zero-order valence-corrected chi connectivity index (χ0v) is 17.6. The Morgan fingerprint density at radius 3 is 2.64 bits per heavy atom. The van der Waals surface area contributed by atoms with Gasteiger partial charge in [-0.3, -0.25) is 4.79 Å². The standard InChI is InChI=1S/C19H23ClN2O5S/c1-11(2)14-9-17(12(3)8-15(14)20)27-19(24)16-4-5-18(23)22(21-16)13-6-7-28(25,26)10-13/h8-9,11,13H,4-7,10H2,1-3H3. The first-order valence-corrected chi connectivity index (χ1v) is 11.4. The average molecular weight is 427 g/mol. The van der Waals surface area contributed by atoms with Crippen LogP contribution >= 0.6 is 11.6 Å². The highest BCUT2D eigenvalue weighted by atomic mass is 35.5. The predicted molar refractivity (Wildman–Crippen MR) is 106 cm³/mol. The van der Waals surface area contributed by atoms with Gasteiger partial charge in [-0.25, -0.2) is 18.2 Å². The molecule has 1 fully saturated rings. The van der Waals surface area contributed by atoms with Gasteiger partial charge in [0.1, 0.15) is 11.5 Å². The van der Waals surface area contributed by atoms with E-state index in [9.17, 15) is 18.0 Å². The molecular weight excluding hydrogens is 404 g/mol. The van der Waals surface area contributed by atoms with Crippen LogP contribution in [-0.4, -0.2) is 48.6 Å². The Hall–Kier alpha value is -1.93. The lowest BCUT2D eigenvalue weighted by Gasteiger charge is -2.27. The molecule has 2 aliphatic rings. The second-order valence-corrected chi connectivity index (χ2v) is 10.2. The molecule has 1 amide bonds. The van der Waals surface area contributed by atoms with Crippen molar-refractivity contribution in [3.63, 3.8) is 0 Å². The highest BCUT2D eigenvalue weighted by Crippen LogP contribution is 2.32. The Bertz CT molecular complexity index is 955. The number of halogens is 1. The molecule has 1 saturated heterocycles. The van der Waals surface area contributed by atoms with Crippen molar-refractivity contribution >= 4 is 39.0 Å². The van der Waals surface area contributed by atoms with Gasteiger partial charge in [0.05, 0.1) is 17.5 Å². The zero-order valence-electron chi connectivity index (χ0n) is 16.1. The minimum atomic E-state index is -3.17. The van der Waals surface area contributed by atoms with E-state index < -0.39 is 21.8 Å². The first kappa shape index (κ1) is 20.8. The van der Waals surface area contributed by atoms with E-state index in [1.165, 1.54) is 0 Å².